The van der Waals surface area contributed by atoms with Crippen molar-refractivity contribution in [3.05, 3.63) is 18.4 Å². The summed E-state index contributed by atoms with van der Waals surface area (Å²) in [5.41, 5.74) is 3.67. The highest BCUT2D eigenvalue weighted by Gasteiger charge is 2.16. The molecule has 1 aliphatic rings. The van der Waals surface area contributed by atoms with Crippen LogP contribution in [0.1, 0.15) is 40.2 Å². The molecular formula is C11H17N3. The Bertz CT molecular complexity index is 847. The lowest BCUT2D eigenvalue weighted by atomic mass is 10.00. The van der Waals surface area contributed by atoms with Crippen molar-refractivity contribution in [2.24, 2.45) is 5.89 Å². The molecule has 0 bridgehead atoms. The normalized spacial score (nSPS) is 58.6. The van der Waals surface area contributed by atoms with Crippen molar-refractivity contribution < 1.29 is 20.6 Å². The summed E-state index contributed by atoms with van der Waals surface area (Å²) in [6.45, 7) is -11.3. The van der Waals surface area contributed by atoms with Crippen LogP contribution < -0.4 is 10.6 Å². The number of aromatic nitrogens is 1. The molecule has 0 aliphatic carbocycles. The molecule has 2 N–H and O–H groups in total. The third-order valence-corrected chi connectivity index (χ3v) is 1.39. The minimum Gasteiger partial charge on any atom is -0.397 e. The van der Waals surface area contributed by atoms with Crippen LogP contribution in [-0.4, -0.2) is 18.0 Å². The average molecular weight is 206 g/mol. The van der Waals surface area contributed by atoms with Crippen molar-refractivity contribution >= 4 is 11.4 Å². The number of hydrogen-bond donors (Lipinski definition) is 1. The Morgan fingerprint density at radius 2 is 2.79 bits per heavy atom. The zero-order chi connectivity index (χ0) is 23.2. The molecule has 1 unspecified atom stereocenters. The summed E-state index contributed by atoms with van der Waals surface area (Å²) in [5.74, 6) is -3.91. The number of nitrogens with zero attached hydrogens (tertiary/aromatic N) is 2. The molecule has 1 fully saturated rings. The Kier molecular flexibility index (Phi) is 0.588. The predicted octanol–water partition coefficient (Wildman–Crippen LogP) is 1.90. The average Bonchev–Trinajstić information content (AvgIpc) is 2.52. The Morgan fingerprint density at radius 1 is 1.86 bits per heavy atom. The second-order valence-corrected chi connectivity index (χ2v) is 2.41. The summed E-state index contributed by atoms with van der Waals surface area (Å²) in [5, 5.41) is 0. The Balaban J connectivity index is 3.07. The van der Waals surface area contributed by atoms with Crippen molar-refractivity contribution in [1.29, 1.82) is 0 Å². The van der Waals surface area contributed by atoms with E-state index in [4.69, 9.17) is 26.3 Å². The van der Waals surface area contributed by atoms with Crippen LogP contribution in [0.2, 0.25) is 0 Å². The van der Waals surface area contributed by atoms with Crippen LogP contribution in [0.15, 0.2) is 18.4 Å². The van der Waals surface area contributed by atoms with Crippen LogP contribution in [0.4, 0.5) is 11.4 Å². The van der Waals surface area contributed by atoms with Crippen LogP contribution in [0, 0.1) is 5.89 Å². The highest BCUT2D eigenvalue weighted by atomic mass is 15.1. The van der Waals surface area contributed by atoms with Crippen molar-refractivity contribution in [2.75, 3.05) is 23.6 Å². The molecule has 0 spiro atoms. The molecule has 76 valence electrons. The number of anilines is 2. The Morgan fingerprint density at radius 3 is 3.64 bits per heavy atom. The summed E-state index contributed by atoms with van der Waals surface area (Å²) in [6.07, 6.45) is -9.57. The van der Waals surface area contributed by atoms with Crippen LogP contribution in [0.25, 0.3) is 0 Å². The molecule has 1 aromatic rings. The first-order chi connectivity index (χ1) is 12.6. The molecule has 14 heavy (non-hydrogen) atoms. The van der Waals surface area contributed by atoms with E-state index < -0.39 is 68.2 Å². The van der Waals surface area contributed by atoms with E-state index in [1.54, 1.807) is 0 Å². The van der Waals surface area contributed by atoms with Gasteiger partial charge in [0.25, 0.3) is 0 Å². The van der Waals surface area contributed by atoms with Gasteiger partial charge < -0.3 is 10.6 Å². The predicted molar refractivity (Wildman–Crippen MR) is 59.3 cm³/mol. The summed E-state index contributed by atoms with van der Waals surface area (Å²) < 4.78 is 119. The van der Waals surface area contributed by atoms with Gasteiger partial charge in [-0.1, -0.05) is 6.85 Å². The van der Waals surface area contributed by atoms with Gasteiger partial charge in [-0.2, -0.15) is 0 Å². The fourth-order valence-electron chi connectivity index (χ4n) is 0.856. The maximum Gasteiger partial charge on any atom is 0.0862 e. The van der Waals surface area contributed by atoms with Gasteiger partial charge in [-0.15, -0.1) is 0 Å². The highest BCUT2D eigenvalue weighted by molar-refractivity contribution is 5.53. The topological polar surface area (TPSA) is 42.2 Å². The highest BCUT2D eigenvalue weighted by Crippen LogP contribution is 2.23. The second-order valence-electron chi connectivity index (χ2n) is 2.41. The van der Waals surface area contributed by atoms with E-state index in [0.717, 1.165) is 0 Å². The van der Waals surface area contributed by atoms with E-state index in [0.29, 0.717) is 0 Å². The summed E-state index contributed by atoms with van der Waals surface area (Å²) in [6, 6.07) is -1.01. The smallest absolute Gasteiger partial charge is 0.0862 e. The van der Waals surface area contributed by atoms with Crippen molar-refractivity contribution in [1.82, 2.24) is 4.98 Å². The van der Waals surface area contributed by atoms with Gasteiger partial charge in [-0.3, -0.25) is 4.98 Å². The number of pyridine rings is 1. The maximum absolute atomic E-state index is 8.25. The lowest BCUT2D eigenvalue weighted by Crippen LogP contribution is -2.34. The van der Waals surface area contributed by atoms with Gasteiger partial charge in [-0.25, -0.2) is 0 Å². The first-order valence-electron chi connectivity index (χ1n) is 11.2. The van der Waals surface area contributed by atoms with E-state index in [1.165, 1.54) is 0 Å². The molecule has 1 saturated heterocycles. The monoisotopic (exact) mass is 206 g/mol. The van der Waals surface area contributed by atoms with E-state index in [1.807, 2.05) is 0 Å². The maximum atomic E-state index is 8.25. The number of nitrogen functional groups attached to an aromatic ring is 1. The molecule has 3 nitrogen and oxygen atoms in total. The quantitative estimate of drug-likeness (QED) is 0.763. The molecule has 2 rings (SSSR count). The minimum atomic E-state index is -3.91. The zero-order valence-corrected chi connectivity index (χ0v) is 6.97. The Labute approximate surface area is 106 Å². The van der Waals surface area contributed by atoms with Crippen LogP contribution in [-0.2, 0) is 0 Å². The van der Waals surface area contributed by atoms with Crippen molar-refractivity contribution in [3.63, 3.8) is 0 Å². The largest absolute Gasteiger partial charge is 0.397 e. The lowest BCUT2D eigenvalue weighted by Gasteiger charge is -2.32. The number of nitrogens with two attached hydrogens (primary N) is 1. The number of hydrogen-bond acceptors (Lipinski definition) is 3. The van der Waals surface area contributed by atoms with Gasteiger partial charge in [0.15, 0.2) is 0 Å². The van der Waals surface area contributed by atoms with Crippen LogP contribution in [0.3, 0.4) is 0 Å². The van der Waals surface area contributed by atoms with Gasteiger partial charge in [0, 0.05) is 35.6 Å². The van der Waals surface area contributed by atoms with Gasteiger partial charge in [0.05, 0.1) is 21.7 Å². The molecule has 3 heteroatoms. The molecule has 0 aromatic carbocycles. The van der Waals surface area contributed by atoms with Gasteiger partial charge in [0.1, 0.15) is 0 Å². The lowest BCUT2D eigenvalue weighted by molar-refractivity contribution is 0.446. The fourth-order valence-corrected chi connectivity index (χ4v) is 0.856. The molecule has 0 saturated carbocycles. The molecule has 1 aliphatic heterocycles. The summed E-state index contributed by atoms with van der Waals surface area (Å²) in [7, 11) is 0. The van der Waals surface area contributed by atoms with Gasteiger partial charge in [0.2, 0.25) is 0 Å². The van der Waals surface area contributed by atoms with E-state index in [2.05, 4.69) is 4.98 Å². The summed E-state index contributed by atoms with van der Waals surface area (Å²) >= 11 is 0. The van der Waals surface area contributed by atoms with Crippen LogP contribution >= 0.6 is 0 Å². The molecular weight excluding hydrogens is 174 g/mol. The third-order valence-electron chi connectivity index (χ3n) is 1.39. The number of piperidine rings is 1. The zero-order valence-electron chi connectivity index (χ0n) is 22.0. The van der Waals surface area contributed by atoms with Crippen molar-refractivity contribution in [2.45, 2.75) is 19.6 Å². The molecule has 2 heterocycles. The first kappa shape index (κ1) is 2.13. The van der Waals surface area contributed by atoms with Gasteiger partial charge >= 0.3 is 0 Å². The second kappa shape index (κ2) is 3.86. The molecule has 1 aromatic heterocycles. The molecule has 1 atom stereocenters. The summed E-state index contributed by atoms with van der Waals surface area (Å²) in [4.78, 5) is 3.06. The van der Waals surface area contributed by atoms with E-state index in [-0.39, 0.29) is 4.90 Å². The van der Waals surface area contributed by atoms with Crippen LogP contribution in [0.5, 0.6) is 0 Å². The SMILES string of the molecule is [2H]c1nc([2H])c(N2C([2H])([2H])C([2H])([2H])C([2H])([2H])C([2H])(C([2H])([2H])[2H])C2([2H])[2H])c([2H])c1N. The molecule has 0 radical (unpaired) electrons. The van der Waals surface area contributed by atoms with E-state index >= 15 is 0 Å². The number of rotatable bonds is 1. The standard InChI is InChI=1S/C11H17N3/c1-9-3-2-4-14(8-9)11-5-10(12)6-13-7-11/h5-7,9H,2-4,8,12H2,1H3/i1D3,2D2,3D2,4D2,5D,6D,7D,8D2,9D. The van der Waals surface area contributed by atoms with Crippen molar-refractivity contribution in [3.8, 4) is 0 Å². The van der Waals surface area contributed by atoms with Gasteiger partial charge in [-0.05, 0) is 24.7 Å². The third kappa shape index (κ3) is 1.97. The molecule has 0 amide bonds. The minimum absolute atomic E-state index is 0.270. The first-order valence-corrected chi connectivity index (χ1v) is 3.66. The Hall–Kier alpha value is -1.25. The fraction of sp³-hybridized carbons (Fsp3) is 0.545. The van der Waals surface area contributed by atoms with E-state index in [9.17, 15) is 0 Å².